The molecule has 2 aliphatic carbocycles. The first kappa shape index (κ1) is 107. The van der Waals surface area contributed by atoms with E-state index in [-0.39, 0.29) is 6.29 Å². The zero-order valence-corrected chi connectivity index (χ0v) is 69.2. The fraction of sp³-hybridized carbons (Fsp3) is 1.00. The monoisotopic (exact) mass is 1310 g/mol. The van der Waals surface area contributed by atoms with Crippen LogP contribution < -0.4 is 5.32 Å². The molecule has 0 aromatic heterocycles. The Morgan fingerprint density at radius 1 is 0.286 bits per heavy atom. The van der Waals surface area contributed by atoms with Crippen LogP contribution in [0.1, 0.15) is 338 Å². The Morgan fingerprint density at radius 3 is 0.967 bits per heavy atom. The van der Waals surface area contributed by atoms with Gasteiger partial charge < -0.3 is 48.1 Å². The van der Waals surface area contributed by atoms with Crippen LogP contribution in [0.4, 0.5) is 0 Å². The smallest absolute Gasteiger partial charge is 0.159 e. The summed E-state index contributed by atoms with van der Waals surface area (Å²) in [6.07, 6.45) is 23.4. The van der Waals surface area contributed by atoms with Crippen molar-refractivity contribution in [3.63, 3.8) is 0 Å². The third-order valence-corrected chi connectivity index (χ3v) is 17.1. The molecule has 8 rings (SSSR count). The fourth-order valence-corrected chi connectivity index (χ4v) is 10.9. The van der Waals surface area contributed by atoms with Crippen LogP contribution in [0.15, 0.2) is 0 Å². The highest BCUT2D eigenvalue weighted by atomic mass is 16.7. The molecular formula is C81H180N2O8. The van der Waals surface area contributed by atoms with Gasteiger partial charge in [0.1, 0.15) is 13.6 Å². The lowest BCUT2D eigenvalue weighted by Gasteiger charge is -2.33. The molecule has 0 spiro atoms. The number of hydrogen-bond donors (Lipinski definition) is 1. The maximum atomic E-state index is 5.41. The first-order valence-corrected chi connectivity index (χ1v) is 40.0. The molecule has 91 heavy (non-hydrogen) atoms. The Labute approximate surface area is 577 Å². The zero-order valence-electron chi connectivity index (χ0n) is 69.2. The second kappa shape index (κ2) is 82.0. The van der Waals surface area contributed by atoms with Gasteiger partial charge in [-0.1, -0.05) is 279 Å². The van der Waals surface area contributed by atoms with E-state index in [1.165, 1.54) is 116 Å². The van der Waals surface area contributed by atoms with Gasteiger partial charge >= 0.3 is 0 Å². The largest absolute Gasteiger partial charge is 0.376 e. The minimum absolute atomic E-state index is 0.0544. The summed E-state index contributed by atoms with van der Waals surface area (Å²) in [7, 11) is 0. The van der Waals surface area contributed by atoms with Crippen molar-refractivity contribution in [1.29, 1.82) is 0 Å². The second-order valence-electron chi connectivity index (χ2n) is 26.4. The van der Waals surface area contributed by atoms with E-state index in [1.54, 1.807) is 0 Å². The van der Waals surface area contributed by atoms with E-state index in [1.807, 2.05) is 111 Å². The van der Waals surface area contributed by atoms with Gasteiger partial charge in [0, 0.05) is 17.9 Å². The molecule has 8 aliphatic rings. The lowest BCUT2D eigenvalue weighted by molar-refractivity contribution is -0.198. The van der Waals surface area contributed by atoms with Gasteiger partial charge in [-0.15, -0.1) is 0 Å². The van der Waals surface area contributed by atoms with Crippen LogP contribution in [0.25, 0.3) is 0 Å². The lowest BCUT2D eigenvalue weighted by Crippen LogP contribution is -2.35. The Bertz CT molecular complexity index is 979. The molecule has 562 valence electrons. The molecule has 6 aliphatic heterocycles. The van der Waals surface area contributed by atoms with Crippen molar-refractivity contribution in [3.05, 3.63) is 0 Å². The third-order valence-electron chi connectivity index (χ3n) is 17.1. The highest BCUT2D eigenvalue weighted by molar-refractivity contribution is 4.77. The van der Waals surface area contributed by atoms with E-state index in [4.69, 9.17) is 37.9 Å². The molecule has 4 unspecified atom stereocenters. The Balaban J connectivity index is -0.000000140. The van der Waals surface area contributed by atoms with Crippen LogP contribution in [-0.2, 0) is 37.9 Å². The van der Waals surface area contributed by atoms with Crippen molar-refractivity contribution >= 4 is 0 Å². The van der Waals surface area contributed by atoms with Gasteiger partial charge in [0.2, 0.25) is 0 Å². The van der Waals surface area contributed by atoms with Crippen molar-refractivity contribution < 1.29 is 37.9 Å². The summed E-state index contributed by atoms with van der Waals surface area (Å²) >= 11 is 0. The molecule has 2 saturated carbocycles. The lowest BCUT2D eigenvalue weighted by atomic mass is 9.72. The topological polar surface area (TPSA) is 89.1 Å². The molecule has 6 heterocycles. The summed E-state index contributed by atoms with van der Waals surface area (Å²) in [6, 6.07) is 0.769. The summed E-state index contributed by atoms with van der Waals surface area (Å²) in [4.78, 5) is 2.56. The van der Waals surface area contributed by atoms with Crippen molar-refractivity contribution in [2.24, 2.45) is 76.9 Å². The van der Waals surface area contributed by atoms with Crippen LogP contribution in [-0.4, -0.2) is 122 Å². The predicted molar refractivity (Wildman–Crippen MR) is 409 cm³/mol. The molecule has 0 aromatic rings. The van der Waals surface area contributed by atoms with Crippen LogP contribution in [0.5, 0.6) is 0 Å². The average molecular weight is 1310 g/mol. The van der Waals surface area contributed by atoms with Gasteiger partial charge in [-0.3, -0.25) is 0 Å². The first-order valence-electron chi connectivity index (χ1n) is 40.0. The highest BCUT2D eigenvalue weighted by Gasteiger charge is 2.26. The first-order chi connectivity index (χ1) is 43.7. The van der Waals surface area contributed by atoms with E-state index < -0.39 is 0 Å². The molecule has 8 fully saturated rings. The number of piperidine rings is 2. The number of likely N-dealkylation sites (tertiary alicyclic amines) is 1. The summed E-state index contributed by atoms with van der Waals surface area (Å²) in [6.45, 7) is 85.5. The van der Waals surface area contributed by atoms with Crippen molar-refractivity contribution in [1.82, 2.24) is 10.2 Å². The molecule has 10 heteroatoms. The van der Waals surface area contributed by atoms with E-state index in [9.17, 15) is 0 Å². The molecule has 10 nitrogen and oxygen atoms in total. The molecule has 0 radical (unpaired) electrons. The number of rotatable bonds is 9. The van der Waals surface area contributed by atoms with Crippen LogP contribution in [0.2, 0.25) is 0 Å². The predicted octanol–water partition coefficient (Wildman–Crippen LogP) is 24.2. The van der Waals surface area contributed by atoms with Crippen LogP contribution in [0.3, 0.4) is 0 Å². The van der Waals surface area contributed by atoms with Crippen LogP contribution in [0, 0.1) is 76.9 Å². The molecule has 0 aromatic carbocycles. The Morgan fingerprint density at radius 2 is 0.692 bits per heavy atom. The van der Waals surface area contributed by atoms with Crippen molar-refractivity contribution in [2.45, 2.75) is 363 Å². The highest BCUT2D eigenvalue weighted by Crippen LogP contribution is 2.37. The summed E-state index contributed by atoms with van der Waals surface area (Å²) in [5.41, 5.74) is 0. The van der Waals surface area contributed by atoms with Gasteiger partial charge in [-0.05, 0) is 150 Å². The minimum Gasteiger partial charge on any atom is -0.376 e. The average Bonchev–Trinajstić information content (AvgIpc) is 3.81. The SMILES string of the molecule is CC.CC.CC.CC.CC.CC.CC.CC.CC(C)C1CCCC(C(C)C)C1.CC(C)C1CCCCC1.CC(C)C1CCNCC1.CC(C)C1CCOCO1.CC(C)C1COCCO1.CC(C)C1COCOC1.CC(C)C1OCCCO1.CC(C)N1CCCCC1. The van der Waals surface area contributed by atoms with Gasteiger partial charge in [0.25, 0.3) is 0 Å². The number of hydrogen-bond acceptors (Lipinski definition) is 10. The molecule has 0 amide bonds. The Hall–Kier alpha value is -0.400. The Kier molecular flexibility index (Phi) is 96.1. The van der Waals surface area contributed by atoms with Gasteiger partial charge in [0.05, 0.1) is 65.1 Å². The molecule has 6 saturated heterocycles. The number of nitrogens with one attached hydrogen (secondary N) is 1. The van der Waals surface area contributed by atoms with Crippen LogP contribution >= 0.6 is 0 Å². The normalized spacial score (nSPS) is 21.8. The maximum absolute atomic E-state index is 5.41. The summed E-state index contributed by atoms with van der Waals surface area (Å²) in [5.74, 6) is 10.7. The van der Waals surface area contributed by atoms with E-state index >= 15 is 0 Å². The standard InChI is InChI=1S/C12H24.C9H18.2C8H17N.4C7H14O2.8C2H6/c1-9(2)11-6-5-7-12(8-11)10(3)4;1-8(2)9-6-4-3-5-7-9;1-7(2)8-3-5-9-6-4-8;1-8(2)9-6-4-3-5-7-9;1-6(2)7-3-8-5-9-4-7;1-6(2)7-5-8-3-4-9-7;1-6(2)7-3-4-8-5-9-7;1-6(2)7-8-4-3-5-9-7;8*1-2/h9-12H,5-8H2,1-4H3;8-9H,3-7H2,1-2H3;7-9H,3-6H2,1-2H3;8H,3-7H2,1-2H3;4*6-7H,3-5H2,1-2H3;8*1-2H3. The van der Waals surface area contributed by atoms with Gasteiger partial charge in [0.15, 0.2) is 6.29 Å². The van der Waals surface area contributed by atoms with Gasteiger partial charge in [-0.25, -0.2) is 0 Å². The minimum atomic E-state index is 0.0544. The van der Waals surface area contributed by atoms with E-state index in [2.05, 4.69) is 135 Å². The number of ether oxygens (including phenoxy) is 8. The molecule has 1 N–H and O–H groups in total. The third kappa shape index (κ3) is 66.6. The van der Waals surface area contributed by atoms with E-state index in [0.717, 1.165) is 119 Å². The van der Waals surface area contributed by atoms with E-state index in [0.29, 0.717) is 55.4 Å². The second-order valence-corrected chi connectivity index (χ2v) is 26.4. The molecule has 0 bridgehead atoms. The number of nitrogens with zero attached hydrogens (tertiary/aromatic N) is 1. The quantitative estimate of drug-likeness (QED) is 0.241. The summed E-state index contributed by atoms with van der Waals surface area (Å²) in [5, 5.41) is 3.37. The van der Waals surface area contributed by atoms with Crippen molar-refractivity contribution in [3.8, 4) is 0 Å². The molecular weight excluding hydrogens is 1130 g/mol. The summed E-state index contributed by atoms with van der Waals surface area (Å²) < 4.78 is 41.9. The van der Waals surface area contributed by atoms with Gasteiger partial charge in [-0.2, -0.15) is 0 Å². The van der Waals surface area contributed by atoms with Crippen molar-refractivity contribution in [2.75, 3.05) is 92.6 Å². The maximum Gasteiger partial charge on any atom is 0.159 e. The zero-order chi connectivity index (χ0) is 72.0. The molecule has 4 atom stereocenters. The fourth-order valence-electron chi connectivity index (χ4n) is 10.9.